The molecule has 0 spiro atoms. The van der Waals surface area contributed by atoms with E-state index in [1.54, 1.807) is 0 Å². The Labute approximate surface area is 106 Å². The van der Waals surface area contributed by atoms with Crippen molar-refractivity contribution in [3.8, 4) is 0 Å². The Morgan fingerprint density at radius 2 is 2.06 bits per heavy atom. The molecule has 17 heavy (non-hydrogen) atoms. The summed E-state index contributed by atoms with van der Waals surface area (Å²) < 4.78 is 7.73. The highest BCUT2D eigenvalue weighted by Crippen LogP contribution is 2.23. The van der Waals surface area contributed by atoms with Gasteiger partial charge in [0, 0.05) is 41.9 Å². The van der Waals surface area contributed by atoms with E-state index in [1.807, 2.05) is 12.1 Å². The van der Waals surface area contributed by atoms with E-state index in [9.17, 15) is 0 Å². The Morgan fingerprint density at radius 1 is 1.24 bits per heavy atom. The van der Waals surface area contributed by atoms with Gasteiger partial charge in [-0.3, -0.25) is 0 Å². The molecule has 0 bridgehead atoms. The Hall–Kier alpha value is -0.990. The fourth-order valence-electron chi connectivity index (χ4n) is 2.54. The summed E-state index contributed by atoms with van der Waals surface area (Å²) in [5.74, 6) is 0.745. The summed E-state index contributed by atoms with van der Waals surface area (Å²) in [6.45, 7) is 2.92. The zero-order valence-corrected chi connectivity index (χ0v) is 10.5. The van der Waals surface area contributed by atoms with E-state index in [1.165, 1.54) is 23.7 Å². The number of halogens is 1. The summed E-state index contributed by atoms with van der Waals surface area (Å²) in [5.41, 5.74) is 1.28. The molecule has 0 radical (unpaired) electrons. The maximum Gasteiger partial charge on any atom is 0.0481 e. The largest absolute Gasteiger partial charge is 0.381 e. The van der Waals surface area contributed by atoms with Crippen LogP contribution in [0.2, 0.25) is 5.02 Å². The van der Waals surface area contributed by atoms with E-state index in [0.717, 1.165) is 30.7 Å². The molecule has 1 aliphatic rings. The number of aromatic nitrogens is 1. The van der Waals surface area contributed by atoms with Crippen molar-refractivity contribution in [3.63, 3.8) is 0 Å². The number of hydrogen-bond acceptors (Lipinski definition) is 1. The van der Waals surface area contributed by atoms with E-state index in [0.29, 0.717) is 0 Å². The number of fused-ring (bicyclic) bond motifs is 1. The second-order valence-electron chi connectivity index (χ2n) is 4.73. The normalized spacial score (nSPS) is 17.7. The van der Waals surface area contributed by atoms with Crippen LogP contribution in [0.4, 0.5) is 0 Å². The first kappa shape index (κ1) is 11.1. The van der Waals surface area contributed by atoms with Crippen LogP contribution in [-0.4, -0.2) is 17.8 Å². The molecule has 1 aliphatic heterocycles. The van der Waals surface area contributed by atoms with Crippen molar-refractivity contribution >= 4 is 22.5 Å². The first-order valence-corrected chi connectivity index (χ1v) is 6.53. The van der Waals surface area contributed by atoms with E-state index >= 15 is 0 Å². The van der Waals surface area contributed by atoms with Gasteiger partial charge in [-0.05, 0) is 43.0 Å². The van der Waals surface area contributed by atoms with Crippen LogP contribution in [0.15, 0.2) is 30.5 Å². The number of benzene rings is 1. The summed E-state index contributed by atoms with van der Waals surface area (Å²) in [7, 11) is 0. The Bertz CT molecular complexity index is 514. The van der Waals surface area contributed by atoms with E-state index in [4.69, 9.17) is 16.3 Å². The highest BCUT2D eigenvalue weighted by atomic mass is 35.5. The third-order valence-electron chi connectivity index (χ3n) is 3.53. The lowest BCUT2D eigenvalue weighted by Gasteiger charge is -2.22. The molecule has 0 atom stereocenters. The average molecular weight is 250 g/mol. The molecule has 2 nitrogen and oxygen atoms in total. The van der Waals surface area contributed by atoms with Gasteiger partial charge in [0.15, 0.2) is 0 Å². The van der Waals surface area contributed by atoms with Crippen LogP contribution in [0.1, 0.15) is 12.8 Å². The highest BCUT2D eigenvalue weighted by Gasteiger charge is 2.14. The minimum Gasteiger partial charge on any atom is -0.381 e. The van der Waals surface area contributed by atoms with Gasteiger partial charge in [0.2, 0.25) is 0 Å². The van der Waals surface area contributed by atoms with Crippen molar-refractivity contribution in [3.05, 3.63) is 35.5 Å². The smallest absolute Gasteiger partial charge is 0.0481 e. The van der Waals surface area contributed by atoms with Gasteiger partial charge in [-0.2, -0.15) is 0 Å². The van der Waals surface area contributed by atoms with E-state index in [2.05, 4.69) is 22.9 Å². The van der Waals surface area contributed by atoms with Crippen LogP contribution in [0.3, 0.4) is 0 Å². The molecule has 0 N–H and O–H groups in total. The molecule has 1 saturated heterocycles. The topological polar surface area (TPSA) is 14.2 Å². The standard InChI is InChI=1S/C14H16ClNO/c15-13-1-2-14-12(9-13)3-6-16(14)10-11-4-7-17-8-5-11/h1-3,6,9,11H,4-5,7-8,10H2. The predicted molar refractivity (Wildman–Crippen MR) is 70.5 cm³/mol. The molecule has 0 unspecified atom stereocenters. The summed E-state index contributed by atoms with van der Waals surface area (Å²) >= 11 is 5.99. The molecule has 0 aliphatic carbocycles. The molecular weight excluding hydrogens is 234 g/mol. The van der Waals surface area contributed by atoms with E-state index in [-0.39, 0.29) is 0 Å². The minimum atomic E-state index is 0.745. The molecule has 3 heteroatoms. The van der Waals surface area contributed by atoms with Crippen molar-refractivity contribution in [2.45, 2.75) is 19.4 Å². The lowest BCUT2D eigenvalue weighted by atomic mass is 10.0. The van der Waals surface area contributed by atoms with Crippen LogP contribution in [0.25, 0.3) is 10.9 Å². The summed E-state index contributed by atoms with van der Waals surface area (Å²) in [4.78, 5) is 0. The van der Waals surface area contributed by atoms with Gasteiger partial charge >= 0.3 is 0 Å². The predicted octanol–water partition coefficient (Wildman–Crippen LogP) is 3.72. The third-order valence-corrected chi connectivity index (χ3v) is 3.76. The van der Waals surface area contributed by atoms with Crippen LogP contribution < -0.4 is 0 Å². The molecule has 2 heterocycles. The molecule has 1 fully saturated rings. The quantitative estimate of drug-likeness (QED) is 0.791. The number of hydrogen-bond donors (Lipinski definition) is 0. The molecule has 0 amide bonds. The van der Waals surface area contributed by atoms with Gasteiger partial charge in [-0.15, -0.1) is 0 Å². The molecule has 3 rings (SSSR count). The fraction of sp³-hybridized carbons (Fsp3) is 0.429. The molecular formula is C14H16ClNO. The second-order valence-corrected chi connectivity index (χ2v) is 5.16. The fourth-order valence-corrected chi connectivity index (χ4v) is 2.72. The third kappa shape index (κ3) is 2.33. The van der Waals surface area contributed by atoms with Crippen molar-refractivity contribution in [1.82, 2.24) is 4.57 Å². The average Bonchev–Trinajstić information content (AvgIpc) is 2.73. The van der Waals surface area contributed by atoms with Gasteiger partial charge in [0.1, 0.15) is 0 Å². The monoisotopic (exact) mass is 249 g/mol. The van der Waals surface area contributed by atoms with Crippen LogP contribution in [0, 0.1) is 5.92 Å². The Balaban J connectivity index is 1.84. The van der Waals surface area contributed by atoms with Crippen molar-refractivity contribution in [1.29, 1.82) is 0 Å². The summed E-state index contributed by atoms with van der Waals surface area (Å²) in [6, 6.07) is 8.24. The SMILES string of the molecule is Clc1ccc2c(ccn2CC2CCOCC2)c1. The maximum atomic E-state index is 5.99. The molecule has 90 valence electrons. The zero-order valence-electron chi connectivity index (χ0n) is 9.73. The number of ether oxygens (including phenoxy) is 1. The molecule has 1 aromatic carbocycles. The molecule has 1 aromatic heterocycles. The highest BCUT2D eigenvalue weighted by molar-refractivity contribution is 6.31. The van der Waals surface area contributed by atoms with Gasteiger partial charge in [-0.25, -0.2) is 0 Å². The van der Waals surface area contributed by atoms with Crippen molar-refractivity contribution in [2.75, 3.05) is 13.2 Å². The van der Waals surface area contributed by atoms with Crippen LogP contribution >= 0.6 is 11.6 Å². The van der Waals surface area contributed by atoms with E-state index < -0.39 is 0 Å². The minimum absolute atomic E-state index is 0.745. The lowest BCUT2D eigenvalue weighted by molar-refractivity contribution is 0.0616. The Morgan fingerprint density at radius 3 is 2.88 bits per heavy atom. The van der Waals surface area contributed by atoms with Crippen LogP contribution in [0.5, 0.6) is 0 Å². The number of nitrogens with zero attached hydrogens (tertiary/aromatic N) is 1. The maximum absolute atomic E-state index is 5.99. The van der Waals surface area contributed by atoms with Gasteiger partial charge < -0.3 is 9.30 Å². The van der Waals surface area contributed by atoms with Crippen molar-refractivity contribution < 1.29 is 4.74 Å². The van der Waals surface area contributed by atoms with Gasteiger partial charge in [0.05, 0.1) is 0 Å². The van der Waals surface area contributed by atoms with Gasteiger partial charge in [0.25, 0.3) is 0 Å². The van der Waals surface area contributed by atoms with Crippen LogP contribution in [-0.2, 0) is 11.3 Å². The zero-order chi connectivity index (χ0) is 11.7. The number of rotatable bonds is 2. The second kappa shape index (κ2) is 4.71. The molecule has 2 aromatic rings. The van der Waals surface area contributed by atoms with Gasteiger partial charge in [-0.1, -0.05) is 11.6 Å². The van der Waals surface area contributed by atoms with Crippen molar-refractivity contribution in [2.24, 2.45) is 5.92 Å². The first-order chi connectivity index (χ1) is 8.33. The molecule has 0 saturated carbocycles. The Kier molecular flexibility index (Phi) is 3.08. The summed E-state index contributed by atoms with van der Waals surface area (Å²) in [5, 5.41) is 2.03. The lowest BCUT2D eigenvalue weighted by Crippen LogP contribution is -2.19. The summed E-state index contributed by atoms with van der Waals surface area (Å²) in [6.07, 6.45) is 4.51. The first-order valence-electron chi connectivity index (χ1n) is 6.15.